The molecule has 1 saturated heterocycles. The van der Waals surface area contributed by atoms with Gasteiger partial charge in [0.05, 0.1) is 31.9 Å². The standard InChI is InChI=1S/C16H19NO4/c1-12-11-21-9-7-17(12)16(19)14-5-6-15(20-2)13(10-14)4-3-8-18/h5-6,10,12,18H,7-9,11H2,1-2H3. The number of rotatable bonds is 2. The predicted octanol–water partition coefficient (Wildman–Crippen LogP) is 0.900. The summed E-state index contributed by atoms with van der Waals surface area (Å²) < 4.78 is 10.6. The van der Waals surface area contributed by atoms with E-state index in [0.717, 1.165) is 0 Å². The van der Waals surface area contributed by atoms with Gasteiger partial charge < -0.3 is 19.5 Å². The fraction of sp³-hybridized carbons (Fsp3) is 0.438. The lowest BCUT2D eigenvalue weighted by atomic mass is 10.1. The lowest BCUT2D eigenvalue weighted by Gasteiger charge is -2.33. The van der Waals surface area contributed by atoms with Gasteiger partial charge in [0.15, 0.2) is 0 Å². The summed E-state index contributed by atoms with van der Waals surface area (Å²) in [4.78, 5) is 14.4. The second-order valence-corrected chi connectivity index (χ2v) is 4.80. The van der Waals surface area contributed by atoms with Crippen LogP contribution in [0.15, 0.2) is 18.2 Å². The molecule has 5 nitrogen and oxygen atoms in total. The van der Waals surface area contributed by atoms with Crippen molar-refractivity contribution in [2.24, 2.45) is 0 Å². The minimum absolute atomic E-state index is 0.0412. The molecule has 1 aliphatic heterocycles. The number of nitrogens with zero attached hydrogens (tertiary/aromatic N) is 1. The van der Waals surface area contributed by atoms with Crippen molar-refractivity contribution in [3.05, 3.63) is 29.3 Å². The van der Waals surface area contributed by atoms with Crippen LogP contribution in [-0.2, 0) is 4.74 Å². The van der Waals surface area contributed by atoms with Gasteiger partial charge in [-0.05, 0) is 25.1 Å². The Bertz CT molecular complexity index is 573. The van der Waals surface area contributed by atoms with Crippen LogP contribution in [0.1, 0.15) is 22.8 Å². The number of carbonyl (C=O) groups is 1. The van der Waals surface area contributed by atoms with Crippen LogP contribution >= 0.6 is 0 Å². The molecule has 1 amide bonds. The highest BCUT2D eigenvalue weighted by Gasteiger charge is 2.25. The minimum Gasteiger partial charge on any atom is -0.495 e. The van der Waals surface area contributed by atoms with Crippen molar-refractivity contribution in [2.75, 3.05) is 33.5 Å². The molecular formula is C16H19NO4. The zero-order valence-corrected chi connectivity index (χ0v) is 12.3. The van der Waals surface area contributed by atoms with E-state index in [1.54, 1.807) is 30.2 Å². The molecule has 1 atom stereocenters. The first-order valence-corrected chi connectivity index (χ1v) is 6.84. The van der Waals surface area contributed by atoms with E-state index in [2.05, 4.69) is 11.8 Å². The topological polar surface area (TPSA) is 59.0 Å². The average Bonchev–Trinajstić information content (AvgIpc) is 2.52. The molecule has 0 spiro atoms. The molecule has 112 valence electrons. The Hall–Kier alpha value is -2.03. The fourth-order valence-corrected chi connectivity index (χ4v) is 2.27. The molecule has 1 heterocycles. The van der Waals surface area contributed by atoms with Gasteiger partial charge in [-0.2, -0.15) is 0 Å². The summed E-state index contributed by atoms with van der Waals surface area (Å²) in [7, 11) is 1.55. The highest BCUT2D eigenvalue weighted by molar-refractivity contribution is 5.95. The summed E-state index contributed by atoms with van der Waals surface area (Å²) in [5.41, 5.74) is 1.16. The first-order chi connectivity index (χ1) is 10.2. The largest absolute Gasteiger partial charge is 0.495 e. The second-order valence-electron chi connectivity index (χ2n) is 4.80. The second kappa shape index (κ2) is 7.11. The number of benzene rings is 1. The number of methoxy groups -OCH3 is 1. The van der Waals surface area contributed by atoms with Crippen LogP contribution in [-0.4, -0.2) is 55.4 Å². The van der Waals surface area contributed by atoms with Crippen LogP contribution in [0.2, 0.25) is 0 Å². The molecule has 2 rings (SSSR count). The first kappa shape index (κ1) is 15.4. The summed E-state index contributed by atoms with van der Waals surface area (Å²) >= 11 is 0. The van der Waals surface area contributed by atoms with Crippen LogP contribution in [0.4, 0.5) is 0 Å². The van der Waals surface area contributed by atoms with Crippen molar-refractivity contribution in [1.29, 1.82) is 0 Å². The SMILES string of the molecule is COc1ccc(C(=O)N2CCOCC2C)cc1C#CCO. The monoisotopic (exact) mass is 289 g/mol. The van der Waals surface area contributed by atoms with Crippen molar-refractivity contribution >= 4 is 5.91 Å². The van der Waals surface area contributed by atoms with Crippen LogP contribution in [0.5, 0.6) is 5.75 Å². The predicted molar refractivity (Wildman–Crippen MR) is 78.3 cm³/mol. The van der Waals surface area contributed by atoms with Crippen molar-refractivity contribution in [1.82, 2.24) is 4.90 Å². The Morgan fingerprint density at radius 2 is 2.38 bits per heavy atom. The zero-order valence-electron chi connectivity index (χ0n) is 12.3. The van der Waals surface area contributed by atoms with Crippen molar-refractivity contribution < 1.29 is 19.4 Å². The third-order valence-electron chi connectivity index (χ3n) is 3.38. The van der Waals surface area contributed by atoms with Crippen molar-refractivity contribution in [2.45, 2.75) is 13.0 Å². The highest BCUT2D eigenvalue weighted by atomic mass is 16.5. The van der Waals surface area contributed by atoms with Gasteiger partial charge >= 0.3 is 0 Å². The number of morpholine rings is 1. The van der Waals surface area contributed by atoms with Gasteiger partial charge in [0.25, 0.3) is 5.91 Å². The molecule has 0 aliphatic carbocycles. The summed E-state index contributed by atoms with van der Waals surface area (Å²) in [5.74, 6) is 5.92. The van der Waals surface area contributed by atoms with Gasteiger partial charge in [0.2, 0.25) is 0 Å². The van der Waals surface area contributed by atoms with E-state index in [4.69, 9.17) is 14.6 Å². The number of aliphatic hydroxyl groups is 1. The molecule has 0 aromatic heterocycles. The van der Waals surface area contributed by atoms with E-state index >= 15 is 0 Å². The number of amides is 1. The number of carbonyl (C=O) groups excluding carboxylic acids is 1. The normalized spacial score (nSPS) is 17.9. The van der Waals surface area contributed by atoms with Gasteiger partial charge in [-0.15, -0.1) is 0 Å². The van der Waals surface area contributed by atoms with Crippen LogP contribution in [0.3, 0.4) is 0 Å². The zero-order chi connectivity index (χ0) is 15.2. The third kappa shape index (κ3) is 3.54. The van der Waals surface area contributed by atoms with Crippen LogP contribution in [0, 0.1) is 11.8 Å². The Kier molecular flexibility index (Phi) is 5.20. The number of hydrogen-bond acceptors (Lipinski definition) is 4. The molecule has 0 bridgehead atoms. The molecule has 0 saturated carbocycles. The molecule has 1 fully saturated rings. The van der Waals surface area contributed by atoms with Gasteiger partial charge in [-0.3, -0.25) is 4.79 Å². The van der Waals surface area contributed by atoms with Crippen LogP contribution in [0.25, 0.3) is 0 Å². The Balaban J connectivity index is 2.28. The highest BCUT2D eigenvalue weighted by Crippen LogP contribution is 2.21. The summed E-state index contributed by atoms with van der Waals surface area (Å²) in [5, 5.41) is 8.80. The van der Waals surface area contributed by atoms with E-state index in [9.17, 15) is 4.79 Å². The van der Waals surface area contributed by atoms with E-state index in [0.29, 0.717) is 36.6 Å². The minimum atomic E-state index is -0.234. The summed E-state index contributed by atoms with van der Waals surface area (Å²) in [6, 6.07) is 5.21. The summed E-state index contributed by atoms with van der Waals surface area (Å²) in [6.45, 7) is 3.43. The van der Waals surface area contributed by atoms with Crippen LogP contribution < -0.4 is 4.74 Å². The van der Waals surface area contributed by atoms with E-state index in [1.807, 2.05) is 6.92 Å². The molecule has 1 unspecified atom stereocenters. The maximum atomic E-state index is 12.6. The molecule has 1 aromatic carbocycles. The number of hydrogen-bond donors (Lipinski definition) is 1. The van der Waals surface area contributed by atoms with Gasteiger partial charge in [0, 0.05) is 12.1 Å². The Labute approximate surface area is 124 Å². The molecule has 5 heteroatoms. The van der Waals surface area contributed by atoms with E-state index < -0.39 is 0 Å². The van der Waals surface area contributed by atoms with Crippen molar-refractivity contribution in [3.63, 3.8) is 0 Å². The fourth-order valence-electron chi connectivity index (χ4n) is 2.27. The molecule has 1 aliphatic rings. The first-order valence-electron chi connectivity index (χ1n) is 6.84. The van der Waals surface area contributed by atoms with E-state index in [-0.39, 0.29) is 18.6 Å². The van der Waals surface area contributed by atoms with Crippen molar-refractivity contribution in [3.8, 4) is 17.6 Å². The molecule has 0 radical (unpaired) electrons. The maximum absolute atomic E-state index is 12.6. The van der Waals surface area contributed by atoms with Gasteiger partial charge in [-0.1, -0.05) is 11.8 Å². The lowest BCUT2D eigenvalue weighted by Crippen LogP contribution is -2.47. The average molecular weight is 289 g/mol. The smallest absolute Gasteiger partial charge is 0.254 e. The Morgan fingerprint density at radius 3 is 3.05 bits per heavy atom. The molecule has 21 heavy (non-hydrogen) atoms. The molecular weight excluding hydrogens is 270 g/mol. The summed E-state index contributed by atoms with van der Waals surface area (Å²) in [6.07, 6.45) is 0. The lowest BCUT2D eigenvalue weighted by molar-refractivity contribution is 0.00359. The molecule has 1 N–H and O–H groups in total. The molecule has 1 aromatic rings. The third-order valence-corrected chi connectivity index (χ3v) is 3.38. The van der Waals surface area contributed by atoms with E-state index in [1.165, 1.54) is 0 Å². The number of ether oxygens (including phenoxy) is 2. The van der Waals surface area contributed by atoms with Gasteiger partial charge in [-0.25, -0.2) is 0 Å². The quantitative estimate of drug-likeness (QED) is 0.822. The maximum Gasteiger partial charge on any atom is 0.254 e. The Morgan fingerprint density at radius 1 is 1.57 bits per heavy atom. The number of aliphatic hydroxyl groups excluding tert-OH is 1. The van der Waals surface area contributed by atoms with Gasteiger partial charge in [0.1, 0.15) is 12.4 Å².